The van der Waals surface area contributed by atoms with Gasteiger partial charge >= 0.3 is 18.2 Å². The lowest BCUT2D eigenvalue weighted by Crippen LogP contribution is -2.43. The van der Waals surface area contributed by atoms with E-state index >= 15 is 0 Å². The van der Waals surface area contributed by atoms with E-state index in [1.807, 2.05) is 48.5 Å². The predicted octanol–water partition coefficient (Wildman–Crippen LogP) is 4.26. The molecule has 2 amide bonds. The Morgan fingerprint density at radius 1 is 1.03 bits per heavy atom. The summed E-state index contributed by atoms with van der Waals surface area (Å²) < 4.78 is 10.6. The highest BCUT2D eigenvalue weighted by Gasteiger charge is 2.29. The molecule has 0 saturated heterocycles. The van der Waals surface area contributed by atoms with Crippen LogP contribution in [0.25, 0.3) is 11.1 Å². The third-order valence-corrected chi connectivity index (χ3v) is 5.70. The van der Waals surface area contributed by atoms with Crippen LogP contribution in [-0.4, -0.2) is 53.1 Å². The van der Waals surface area contributed by atoms with Gasteiger partial charge in [-0.3, -0.25) is 0 Å². The number of nitrogens with one attached hydrogen (secondary N) is 1. The second kappa shape index (κ2) is 11.2. The molecule has 1 aliphatic carbocycles. The zero-order valence-electron chi connectivity index (χ0n) is 20.3. The number of hydrazine groups is 1. The molecule has 0 aromatic heterocycles. The number of nitrogens with two attached hydrogens (primary N) is 1. The molecule has 35 heavy (non-hydrogen) atoms. The standard InChI is InChI=1S/C26H33N3O6/c1-26(2,3)35-25(33)29(27)15-9-8-14-22(23(30)31)28-24(32)34-16-21-19-12-6-4-10-17(19)18-11-5-7-13-20(18)21/h4-7,10-13,21-22H,8-9,14-16,27H2,1-3H3,(H,28,32)(H,30,31)/t22-/m0/s1. The number of amides is 2. The molecule has 1 atom stereocenters. The van der Waals surface area contributed by atoms with Crippen molar-refractivity contribution >= 4 is 18.2 Å². The Labute approximate surface area is 205 Å². The van der Waals surface area contributed by atoms with Crippen molar-refractivity contribution in [2.45, 2.75) is 57.6 Å². The van der Waals surface area contributed by atoms with Crippen LogP contribution in [0.3, 0.4) is 0 Å². The summed E-state index contributed by atoms with van der Waals surface area (Å²) in [7, 11) is 0. The second-order valence-electron chi connectivity index (χ2n) is 9.53. The van der Waals surface area contributed by atoms with Gasteiger partial charge in [0.2, 0.25) is 0 Å². The van der Waals surface area contributed by atoms with Gasteiger partial charge in [0, 0.05) is 12.5 Å². The summed E-state index contributed by atoms with van der Waals surface area (Å²) in [6.07, 6.45) is -0.387. The number of unbranched alkanes of at least 4 members (excludes halogenated alkanes) is 1. The third kappa shape index (κ3) is 6.95. The second-order valence-corrected chi connectivity index (χ2v) is 9.53. The van der Waals surface area contributed by atoms with Gasteiger partial charge in [0.05, 0.1) is 0 Å². The number of benzene rings is 2. The zero-order valence-corrected chi connectivity index (χ0v) is 20.3. The molecule has 0 aliphatic heterocycles. The SMILES string of the molecule is CC(C)(C)OC(=O)N(N)CCCC[C@H](NC(=O)OCC1c2ccccc2-c2ccccc21)C(=O)O. The van der Waals surface area contributed by atoms with Crippen LogP contribution >= 0.6 is 0 Å². The smallest absolute Gasteiger partial charge is 0.424 e. The Bertz CT molecular complexity index is 1020. The molecule has 1 aliphatic rings. The van der Waals surface area contributed by atoms with Crippen molar-refractivity contribution in [2.24, 2.45) is 5.84 Å². The molecule has 0 unspecified atom stereocenters. The van der Waals surface area contributed by atoms with Crippen LogP contribution in [0.2, 0.25) is 0 Å². The van der Waals surface area contributed by atoms with Gasteiger partial charge < -0.3 is 19.9 Å². The molecule has 0 spiro atoms. The van der Waals surface area contributed by atoms with Crippen LogP contribution in [0.1, 0.15) is 57.1 Å². The van der Waals surface area contributed by atoms with E-state index in [9.17, 15) is 19.5 Å². The Morgan fingerprint density at radius 2 is 1.60 bits per heavy atom. The van der Waals surface area contributed by atoms with Gasteiger partial charge in [-0.15, -0.1) is 0 Å². The molecule has 2 aromatic rings. The highest BCUT2D eigenvalue weighted by Crippen LogP contribution is 2.44. The number of hydrogen-bond acceptors (Lipinski definition) is 6. The lowest BCUT2D eigenvalue weighted by Gasteiger charge is -2.24. The highest BCUT2D eigenvalue weighted by molar-refractivity contribution is 5.81. The Hall–Kier alpha value is -3.59. The molecule has 9 nitrogen and oxygen atoms in total. The minimum absolute atomic E-state index is 0.101. The van der Waals surface area contributed by atoms with E-state index in [4.69, 9.17) is 15.3 Å². The quantitative estimate of drug-likeness (QED) is 0.210. The molecule has 9 heteroatoms. The number of alkyl carbamates (subject to hydrolysis) is 1. The van der Waals surface area contributed by atoms with E-state index < -0.39 is 29.8 Å². The summed E-state index contributed by atoms with van der Waals surface area (Å²) >= 11 is 0. The maximum absolute atomic E-state index is 12.4. The van der Waals surface area contributed by atoms with Crippen LogP contribution in [0.15, 0.2) is 48.5 Å². The van der Waals surface area contributed by atoms with Gasteiger partial charge in [-0.1, -0.05) is 48.5 Å². The summed E-state index contributed by atoms with van der Waals surface area (Å²) in [5.41, 5.74) is 3.72. The minimum atomic E-state index is -1.16. The lowest BCUT2D eigenvalue weighted by molar-refractivity contribution is -0.139. The van der Waals surface area contributed by atoms with Crippen LogP contribution < -0.4 is 11.2 Å². The van der Waals surface area contributed by atoms with Gasteiger partial charge in [0.15, 0.2) is 0 Å². The van der Waals surface area contributed by atoms with Crippen molar-refractivity contribution in [1.29, 1.82) is 0 Å². The minimum Gasteiger partial charge on any atom is -0.480 e. The number of aliphatic carboxylic acids is 1. The first-order chi connectivity index (χ1) is 16.6. The molecule has 0 heterocycles. The van der Waals surface area contributed by atoms with Crippen molar-refractivity contribution in [3.63, 3.8) is 0 Å². The molecular formula is C26H33N3O6. The van der Waals surface area contributed by atoms with Crippen LogP contribution in [0.5, 0.6) is 0 Å². The monoisotopic (exact) mass is 483 g/mol. The summed E-state index contributed by atoms with van der Waals surface area (Å²) in [5, 5.41) is 12.9. The number of hydrogen-bond donors (Lipinski definition) is 3. The van der Waals surface area contributed by atoms with E-state index in [1.165, 1.54) is 0 Å². The summed E-state index contributed by atoms with van der Waals surface area (Å²) in [6.45, 7) is 5.53. The van der Waals surface area contributed by atoms with E-state index in [-0.39, 0.29) is 25.5 Å². The van der Waals surface area contributed by atoms with Gasteiger partial charge in [0.1, 0.15) is 18.2 Å². The Balaban J connectivity index is 1.48. The highest BCUT2D eigenvalue weighted by atomic mass is 16.6. The number of fused-ring (bicyclic) bond motifs is 3. The van der Waals surface area contributed by atoms with Crippen LogP contribution in [0, 0.1) is 0 Å². The zero-order chi connectivity index (χ0) is 25.6. The number of carboxylic acids is 1. The fourth-order valence-corrected chi connectivity index (χ4v) is 4.08. The number of carbonyl (C=O) groups excluding carboxylic acids is 2. The third-order valence-electron chi connectivity index (χ3n) is 5.70. The number of rotatable bonds is 9. The Kier molecular flexibility index (Phi) is 8.34. The van der Waals surface area contributed by atoms with Gasteiger partial charge in [-0.25, -0.2) is 25.2 Å². The average molecular weight is 484 g/mol. The number of carboxylic acid groups (broad SMARTS) is 1. The fraction of sp³-hybridized carbons (Fsp3) is 0.423. The van der Waals surface area contributed by atoms with Crippen LogP contribution in [-0.2, 0) is 14.3 Å². The summed E-state index contributed by atoms with van der Waals surface area (Å²) in [5.74, 6) is 4.43. The number of carbonyl (C=O) groups is 3. The van der Waals surface area contributed by atoms with Crippen molar-refractivity contribution in [3.05, 3.63) is 59.7 Å². The van der Waals surface area contributed by atoms with Gasteiger partial charge in [-0.05, 0) is 62.3 Å². The van der Waals surface area contributed by atoms with E-state index in [1.54, 1.807) is 20.8 Å². The number of ether oxygens (including phenoxy) is 2. The summed E-state index contributed by atoms with van der Waals surface area (Å²) in [6, 6.07) is 14.8. The molecular weight excluding hydrogens is 450 g/mol. The van der Waals surface area contributed by atoms with Crippen molar-refractivity contribution < 1.29 is 29.0 Å². The topological polar surface area (TPSA) is 131 Å². The molecule has 3 rings (SSSR count). The van der Waals surface area contributed by atoms with E-state index in [0.29, 0.717) is 12.8 Å². The van der Waals surface area contributed by atoms with Crippen molar-refractivity contribution in [3.8, 4) is 11.1 Å². The maximum atomic E-state index is 12.4. The molecule has 0 saturated carbocycles. The largest absolute Gasteiger partial charge is 0.480 e. The molecule has 2 aromatic carbocycles. The fourth-order valence-electron chi connectivity index (χ4n) is 4.08. The Morgan fingerprint density at radius 3 is 2.14 bits per heavy atom. The lowest BCUT2D eigenvalue weighted by atomic mass is 9.98. The van der Waals surface area contributed by atoms with E-state index in [0.717, 1.165) is 27.3 Å². The van der Waals surface area contributed by atoms with Gasteiger partial charge in [0.25, 0.3) is 0 Å². The molecule has 0 fully saturated rings. The average Bonchev–Trinajstić information content (AvgIpc) is 3.12. The summed E-state index contributed by atoms with van der Waals surface area (Å²) in [4.78, 5) is 35.9. The van der Waals surface area contributed by atoms with Crippen molar-refractivity contribution in [1.82, 2.24) is 10.3 Å². The molecule has 4 N–H and O–H groups in total. The van der Waals surface area contributed by atoms with Crippen molar-refractivity contribution in [2.75, 3.05) is 13.2 Å². The van der Waals surface area contributed by atoms with E-state index in [2.05, 4.69) is 5.32 Å². The molecule has 0 bridgehead atoms. The first kappa shape index (κ1) is 26.0. The predicted molar refractivity (Wildman–Crippen MR) is 131 cm³/mol. The maximum Gasteiger partial charge on any atom is 0.424 e. The van der Waals surface area contributed by atoms with Crippen LogP contribution in [0.4, 0.5) is 9.59 Å². The first-order valence-electron chi connectivity index (χ1n) is 11.7. The molecule has 0 radical (unpaired) electrons. The normalized spacial score (nSPS) is 13.4. The first-order valence-corrected chi connectivity index (χ1v) is 11.7. The van der Waals surface area contributed by atoms with Gasteiger partial charge in [-0.2, -0.15) is 0 Å². The number of nitrogens with zero attached hydrogens (tertiary/aromatic N) is 1. The molecule has 188 valence electrons.